The number of nitrogens with one attached hydrogen (secondary N) is 1. The zero-order chi connectivity index (χ0) is 16.3. The number of hydrogen-bond acceptors (Lipinski definition) is 4. The summed E-state index contributed by atoms with van der Waals surface area (Å²) in [5, 5.41) is 21.0. The van der Waals surface area contributed by atoms with Gasteiger partial charge in [0.25, 0.3) is 0 Å². The molecule has 2 heterocycles. The Labute approximate surface area is 130 Å². The number of fused-ring (bicyclic) bond motifs is 1. The third-order valence-electron chi connectivity index (χ3n) is 3.31. The molecule has 2 N–H and O–H groups in total. The first kappa shape index (κ1) is 16.2. The van der Waals surface area contributed by atoms with Crippen LogP contribution in [0.5, 0.6) is 0 Å². The Morgan fingerprint density at radius 2 is 2.18 bits per heavy atom. The Balaban J connectivity index is 2.10. The maximum absolute atomic E-state index is 12.3. The lowest BCUT2D eigenvalue weighted by Gasteiger charge is -2.29. The lowest BCUT2D eigenvalue weighted by molar-refractivity contribution is 0.0476. The highest BCUT2D eigenvalue weighted by Crippen LogP contribution is 2.13. The van der Waals surface area contributed by atoms with Crippen LogP contribution in [0.1, 0.15) is 39.6 Å². The van der Waals surface area contributed by atoms with Crippen molar-refractivity contribution in [1.82, 2.24) is 24.8 Å². The Hall–Kier alpha value is -2.15. The first-order valence-corrected chi connectivity index (χ1v) is 7.39. The molecule has 0 radical (unpaired) electrons. The maximum atomic E-state index is 12.3. The first-order valence-electron chi connectivity index (χ1n) is 7.39. The highest BCUT2D eigenvalue weighted by molar-refractivity contribution is 5.74. The maximum Gasteiger partial charge on any atom is 0.318 e. The van der Waals surface area contributed by atoms with Crippen molar-refractivity contribution in [2.24, 2.45) is 0 Å². The van der Waals surface area contributed by atoms with E-state index in [1.165, 1.54) is 0 Å². The molecule has 0 fully saturated rings. The molecule has 0 aromatic carbocycles. The summed E-state index contributed by atoms with van der Waals surface area (Å²) >= 11 is 0. The first-order chi connectivity index (χ1) is 10.3. The number of amides is 2. The largest absolute Gasteiger partial charge is 0.389 e. The van der Waals surface area contributed by atoms with Crippen LogP contribution in [-0.4, -0.2) is 49.3 Å². The van der Waals surface area contributed by atoms with E-state index in [1.54, 1.807) is 18.7 Å². The predicted octanol–water partition coefficient (Wildman–Crippen LogP) is 1.59. The molecule has 22 heavy (non-hydrogen) atoms. The van der Waals surface area contributed by atoms with E-state index in [0.717, 1.165) is 5.65 Å². The molecule has 0 spiro atoms. The zero-order valence-corrected chi connectivity index (χ0v) is 13.4. The van der Waals surface area contributed by atoms with E-state index in [9.17, 15) is 9.90 Å². The minimum absolute atomic E-state index is 0.232. The number of nitrogens with zero attached hydrogens (tertiary/aromatic N) is 4. The molecule has 2 aromatic heterocycles. The van der Waals surface area contributed by atoms with Crippen molar-refractivity contribution >= 4 is 11.7 Å². The van der Waals surface area contributed by atoms with Gasteiger partial charge < -0.3 is 15.3 Å². The Morgan fingerprint density at radius 3 is 2.82 bits per heavy atom. The normalized spacial score (nSPS) is 13.1. The van der Waals surface area contributed by atoms with Crippen LogP contribution in [0, 0.1) is 0 Å². The second-order valence-electron chi connectivity index (χ2n) is 5.98. The van der Waals surface area contributed by atoms with Crippen molar-refractivity contribution in [3.05, 3.63) is 30.2 Å². The van der Waals surface area contributed by atoms with Gasteiger partial charge in [-0.25, -0.2) is 4.79 Å². The molecule has 0 saturated heterocycles. The fourth-order valence-electron chi connectivity index (χ4n) is 2.29. The zero-order valence-electron chi connectivity index (χ0n) is 13.4. The number of carbonyl (C=O) groups excluding carboxylic acids is 1. The number of urea groups is 1. The Morgan fingerprint density at radius 1 is 1.45 bits per heavy atom. The van der Waals surface area contributed by atoms with Gasteiger partial charge in [-0.1, -0.05) is 6.07 Å². The summed E-state index contributed by atoms with van der Waals surface area (Å²) in [4.78, 5) is 13.9. The second-order valence-corrected chi connectivity index (χ2v) is 5.98. The van der Waals surface area contributed by atoms with Crippen LogP contribution in [0.25, 0.3) is 5.65 Å². The summed E-state index contributed by atoms with van der Waals surface area (Å²) in [6.45, 7) is 7.88. The van der Waals surface area contributed by atoms with Crippen molar-refractivity contribution < 1.29 is 9.90 Å². The Kier molecular flexibility index (Phi) is 4.65. The number of aliphatic hydroxyl groups is 1. The van der Waals surface area contributed by atoms with Crippen LogP contribution in [-0.2, 0) is 0 Å². The minimum Gasteiger partial charge on any atom is -0.389 e. The minimum atomic E-state index is -0.932. The highest BCUT2D eigenvalue weighted by Gasteiger charge is 2.23. The fraction of sp³-hybridized carbons (Fsp3) is 0.533. The molecule has 7 heteroatoms. The lowest BCUT2D eigenvalue weighted by Crippen LogP contribution is -2.47. The highest BCUT2D eigenvalue weighted by atomic mass is 16.3. The molecule has 2 amide bonds. The standard InChI is InChI=1S/C15H23N5O2/c1-5-19(10-15(3,4)22)14(21)16-11(2)13-18-17-12-8-6-7-9-20(12)13/h6-9,11,22H,5,10H2,1-4H3,(H,16,21). The van der Waals surface area contributed by atoms with Gasteiger partial charge in [0.15, 0.2) is 11.5 Å². The molecule has 0 aliphatic carbocycles. The van der Waals surface area contributed by atoms with Crippen LogP contribution in [0.15, 0.2) is 24.4 Å². The third-order valence-corrected chi connectivity index (χ3v) is 3.31. The van der Waals surface area contributed by atoms with Crippen LogP contribution < -0.4 is 5.32 Å². The van der Waals surface area contributed by atoms with E-state index in [1.807, 2.05) is 42.6 Å². The van der Waals surface area contributed by atoms with E-state index in [-0.39, 0.29) is 18.6 Å². The molecule has 1 unspecified atom stereocenters. The quantitative estimate of drug-likeness (QED) is 0.879. The monoisotopic (exact) mass is 305 g/mol. The molecule has 0 bridgehead atoms. The summed E-state index contributed by atoms with van der Waals surface area (Å²) < 4.78 is 1.84. The number of hydrogen-bond donors (Lipinski definition) is 2. The summed E-state index contributed by atoms with van der Waals surface area (Å²) in [6.07, 6.45) is 1.86. The van der Waals surface area contributed by atoms with Gasteiger partial charge in [-0.3, -0.25) is 4.40 Å². The van der Waals surface area contributed by atoms with Crippen LogP contribution in [0.3, 0.4) is 0 Å². The van der Waals surface area contributed by atoms with Gasteiger partial charge >= 0.3 is 6.03 Å². The Bertz CT molecular complexity index is 647. The average Bonchev–Trinajstić information content (AvgIpc) is 2.87. The number of pyridine rings is 1. The van der Waals surface area contributed by atoms with Crippen molar-refractivity contribution in [3.63, 3.8) is 0 Å². The second kappa shape index (κ2) is 6.31. The SMILES string of the molecule is CCN(CC(C)(C)O)C(=O)NC(C)c1nnc2ccccn12. The summed E-state index contributed by atoms with van der Waals surface area (Å²) in [5.41, 5.74) is -0.194. The van der Waals surface area contributed by atoms with E-state index < -0.39 is 5.60 Å². The van der Waals surface area contributed by atoms with Gasteiger partial charge in [0, 0.05) is 12.7 Å². The van der Waals surface area contributed by atoms with Crippen LogP contribution in [0.2, 0.25) is 0 Å². The average molecular weight is 305 g/mol. The molecule has 1 atom stereocenters. The van der Waals surface area contributed by atoms with Gasteiger partial charge in [0.05, 0.1) is 18.2 Å². The van der Waals surface area contributed by atoms with Crippen LogP contribution >= 0.6 is 0 Å². The van der Waals surface area contributed by atoms with Gasteiger partial charge in [-0.15, -0.1) is 10.2 Å². The number of likely N-dealkylation sites (N-methyl/N-ethyl adjacent to an activating group) is 1. The van der Waals surface area contributed by atoms with Crippen molar-refractivity contribution in [1.29, 1.82) is 0 Å². The van der Waals surface area contributed by atoms with Crippen LogP contribution in [0.4, 0.5) is 4.79 Å². The molecule has 0 saturated carbocycles. The van der Waals surface area contributed by atoms with E-state index in [4.69, 9.17) is 0 Å². The third kappa shape index (κ3) is 3.73. The lowest BCUT2D eigenvalue weighted by atomic mass is 10.1. The van der Waals surface area contributed by atoms with E-state index in [2.05, 4.69) is 15.5 Å². The molecular formula is C15H23N5O2. The predicted molar refractivity (Wildman–Crippen MR) is 83.5 cm³/mol. The molecule has 2 aromatic rings. The molecule has 7 nitrogen and oxygen atoms in total. The smallest absolute Gasteiger partial charge is 0.318 e. The fourth-order valence-corrected chi connectivity index (χ4v) is 2.29. The van der Waals surface area contributed by atoms with Gasteiger partial charge in [-0.05, 0) is 39.8 Å². The summed E-state index contributed by atoms with van der Waals surface area (Å²) in [7, 11) is 0. The summed E-state index contributed by atoms with van der Waals surface area (Å²) in [6, 6.07) is 5.11. The molecule has 2 rings (SSSR count). The number of carbonyl (C=O) groups is 1. The molecule has 120 valence electrons. The van der Waals surface area contributed by atoms with Crippen molar-refractivity contribution in [2.75, 3.05) is 13.1 Å². The van der Waals surface area contributed by atoms with Gasteiger partial charge in [0.2, 0.25) is 0 Å². The molecule has 0 aliphatic heterocycles. The number of rotatable bonds is 5. The molecule has 0 aliphatic rings. The van der Waals surface area contributed by atoms with Crippen molar-refractivity contribution in [3.8, 4) is 0 Å². The van der Waals surface area contributed by atoms with E-state index in [0.29, 0.717) is 12.4 Å². The van der Waals surface area contributed by atoms with Gasteiger partial charge in [0.1, 0.15) is 0 Å². The molecular weight excluding hydrogens is 282 g/mol. The van der Waals surface area contributed by atoms with E-state index >= 15 is 0 Å². The van der Waals surface area contributed by atoms with Gasteiger partial charge in [-0.2, -0.15) is 0 Å². The number of aromatic nitrogens is 3. The summed E-state index contributed by atoms with van der Waals surface area (Å²) in [5.74, 6) is 0.670. The van der Waals surface area contributed by atoms with Crippen molar-refractivity contribution in [2.45, 2.75) is 39.3 Å². The topological polar surface area (TPSA) is 82.8 Å².